The quantitative estimate of drug-likeness (QED) is 0.929. The molecule has 1 aliphatic carbocycles. The van der Waals surface area contributed by atoms with Crippen molar-refractivity contribution in [2.45, 2.75) is 51.0 Å². The molecule has 1 aromatic heterocycles. The van der Waals surface area contributed by atoms with E-state index in [0.717, 1.165) is 50.6 Å². The van der Waals surface area contributed by atoms with E-state index in [2.05, 4.69) is 16.0 Å². The molecule has 2 fully saturated rings. The van der Waals surface area contributed by atoms with Crippen LogP contribution in [0, 0.1) is 5.41 Å². The third-order valence-corrected chi connectivity index (χ3v) is 5.24. The number of aromatic nitrogens is 1. The lowest BCUT2D eigenvalue weighted by atomic mass is 9.73. The molecule has 2 aliphatic rings. The summed E-state index contributed by atoms with van der Waals surface area (Å²) in [6.07, 6.45) is 11.2. The van der Waals surface area contributed by atoms with Gasteiger partial charge < -0.3 is 10.6 Å². The van der Waals surface area contributed by atoms with E-state index in [0.29, 0.717) is 6.54 Å². The van der Waals surface area contributed by atoms with Crippen LogP contribution in [0.1, 0.15) is 56.6 Å². The molecule has 4 heteroatoms. The zero-order valence-electron chi connectivity index (χ0n) is 12.6. The Kier molecular flexibility index (Phi) is 4.24. The molecule has 0 spiro atoms. The molecular formula is C17H25N3O. The van der Waals surface area contributed by atoms with Gasteiger partial charge >= 0.3 is 0 Å². The van der Waals surface area contributed by atoms with Crippen LogP contribution in [0.5, 0.6) is 0 Å². The van der Waals surface area contributed by atoms with Crippen LogP contribution in [0.2, 0.25) is 0 Å². The Balaban J connectivity index is 1.82. The Labute approximate surface area is 126 Å². The first-order chi connectivity index (χ1) is 10.3. The van der Waals surface area contributed by atoms with Gasteiger partial charge in [-0.3, -0.25) is 9.78 Å². The molecule has 1 amide bonds. The Morgan fingerprint density at radius 3 is 2.81 bits per heavy atom. The molecule has 1 saturated carbocycles. The molecule has 21 heavy (non-hydrogen) atoms. The highest BCUT2D eigenvalue weighted by Crippen LogP contribution is 2.41. The van der Waals surface area contributed by atoms with Crippen molar-refractivity contribution in [3.05, 3.63) is 30.1 Å². The van der Waals surface area contributed by atoms with Crippen LogP contribution in [-0.2, 0) is 4.79 Å². The van der Waals surface area contributed by atoms with Crippen LogP contribution in [0.4, 0.5) is 0 Å². The lowest BCUT2D eigenvalue weighted by Crippen LogP contribution is -2.48. The van der Waals surface area contributed by atoms with Crippen LogP contribution in [0.15, 0.2) is 24.5 Å². The van der Waals surface area contributed by atoms with Crippen LogP contribution in [-0.4, -0.2) is 28.9 Å². The zero-order valence-corrected chi connectivity index (χ0v) is 12.6. The van der Waals surface area contributed by atoms with Crippen LogP contribution >= 0.6 is 0 Å². The lowest BCUT2D eigenvalue weighted by Gasteiger charge is -2.39. The number of hydrogen-bond acceptors (Lipinski definition) is 3. The molecule has 1 unspecified atom stereocenters. The van der Waals surface area contributed by atoms with Gasteiger partial charge in [0.1, 0.15) is 0 Å². The van der Waals surface area contributed by atoms with Crippen molar-refractivity contribution in [1.29, 1.82) is 0 Å². The van der Waals surface area contributed by atoms with Gasteiger partial charge in [0.15, 0.2) is 0 Å². The molecular weight excluding hydrogens is 262 g/mol. The molecule has 1 saturated heterocycles. The molecule has 1 aliphatic heterocycles. The van der Waals surface area contributed by atoms with Gasteiger partial charge in [0, 0.05) is 25.5 Å². The Hall–Kier alpha value is -1.42. The summed E-state index contributed by atoms with van der Waals surface area (Å²) in [5.41, 5.74) is 6.89. The van der Waals surface area contributed by atoms with Crippen LogP contribution in [0.3, 0.4) is 0 Å². The molecule has 4 nitrogen and oxygen atoms in total. The third kappa shape index (κ3) is 2.69. The summed E-state index contributed by atoms with van der Waals surface area (Å²) in [4.78, 5) is 19.5. The van der Waals surface area contributed by atoms with Crippen molar-refractivity contribution in [2.75, 3.05) is 13.1 Å². The number of nitrogens with two attached hydrogens (primary N) is 1. The van der Waals surface area contributed by atoms with Gasteiger partial charge in [-0.25, -0.2) is 0 Å². The molecule has 114 valence electrons. The maximum absolute atomic E-state index is 13.2. The Morgan fingerprint density at radius 1 is 1.33 bits per heavy atom. The monoisotopic (exact) mass is 287 g/mol. The van der Waals surface area contributed by atoms with Crippen molar-refractivity contribution in [3.8, 4) is 0 Å². The number of carbonyl (C=O) groups excluding carboxylic acids is 1. The molecule has 2 N–H and O–H groups in total. The van der Waals surface area contributed by atoms with Gasteiger partial charge in [0.05, 0.1) is 11.5 Å². The highest BCUT2D eigenvalue weighted by atomic mass is 16.2. The van der Waals surface area contributed by atoms with E-state index in [1.54, 1.807) is 6.20 Å². The first kappa shape index (κ1) is 14.5. The number of hydrogen-bond donors (Lipinski definition) is 1. The first-order valence-electron chi connectivity index (χ1n) is 8.18. The predicted octanol–water partition coefficient (Wildman–Crippen LogP) is 2.65. The smallest absolute Gasteiger partial charge is 0.230 e. The molecule has 1 aromatic rings. The Morgan fingerprint density at radius 2 is 2.14 bits per heavy atom. The minimum atomic E-state index is -0.303. The summed E-state index contributed by atoms with van der Waals surface area (Å²) in [5, 5.41) is 0. The first-order valence-corrected chi connectivity index (χ1v) is 8.18. The second-order valence-electron chi connectivity index (χ2n) is 6.49. The van der Waals surface area contributed by atoms with Gasteiger partial charge in [-0.1, -0.05) is 25.3 Å². The van der Waals surface area contributed by atoms with E-state index in [1.807, 2.05) is 12.3 Å². The van der Waals surface area contributed by atoms with Crippen molar-refractivity contribution >= 4 is 5.91 Å². The van der Waals surface area contributed by atoms with E-state index < -0.39 is 0 Å². The van der Waals surface area contributed by atoms with Crippen molar-refractivity contribution in [2.24, 2.45) is 11.1 Å². The number of nitrogens with zero attached hydrogens (tertiary/aromatic N) is 2. The normalized spacial score (nSPS) is 25.0. The maximum Gasteiger partial charge on any atom is 0.230 e. The van der Waals surface area contributed by atoms with Crippen molar-refractivity contribution < 1.29 is 4.79 Å². The van der Waals surface area contributed by atoms with E-state index in [4.69, 9.17) is 5.73 Å². The largest absolute Gasteiger partial charge is 0.335 e. The molecule has 2 heterocycles. The minimum Gasteiger partial charge on any atom is -0.335 e. The summed E-state index contributed by atoms with van der Waals surface area (Å²) >= 11 is 0. The summed E-state index contributed by atoms with van der Waals surface area (Å²) in [6.45, 7) is 1.35. The lowest BCUT2D eigenvalue weighted by molar-refractivity contribution is -0.144. The van der Waals surface area contributed by atoms with Gasteiger partial charge in [-0.05, 0) is 37.3 Å². The number of pyridine rings is 1. The number of amides is 1. The minimum absolute atomic E-state index is 0.191. The maximum atomic E-state index is 13.2. The molecule has 3 rings (SSSR count). The summed E-state index contributed by atoms with van der Waals surface area (Å²) in [6, 6.07) is 4.23. The predicted molar refractivity (Wildman–Crippen MR) is 82.5 cm³/mol. The SMILES string of the molecule is NCC1(C(=O)N2CCCC2c2cccnc2)CCCCC1. The fourth-order valence-corrected chi connectivity index (χ4v) is 3.97. The number of likely N-dealkylation sites (tertiary alicyclic amines) is 1. The summed E-state index contributed by atoms with van der Waals surface area (Å²) < 4.78 is 0. The standard InChI is InChI=1S/C17H25N3O/c18-13-17(8-2-1-3-9-17)16(21)20-11-5-7-15(20)14-6-4-10-19-12-14/h4,6,10,12,15H,1-3,5,7-9,11,13,18H2. The zero-order chi connectivity index (χ0) is 14.7. The topological polar surface area (TPSA) is 59.2 Å². The van der Waals surface area contributed by atoms with Crippen molar-refractivity contribution in [3.63, 3.8) is 0 Å². The highest BCUT2D eigenvalue weighted by molar-refractivity contribution is 5.83. The van der Waals surface area contributed by atoms with Crippen LogP contribution in [0.25, 0.3) is 0 Å². The van der Waals surface area contributed by atoms with Gasteiger partial charge in [0.2, 0.25) is 5.91 Å². The molecule has 0 radical (unpaired) electrons. The fourth-order valence-electron chi connectivity index (χ4n) is 3.97. The molecule has 0 bridgehead atoms. The number of carbonyl (C=O) groups is 1. The highest BCUT2D eigenvalue weighted by Gasteiger charge is 2.44. The summed E-state index contributed by atoms with van der Waals surface area (Å²) in [5.74, 6) is 0.288. The van der Waals surface area contributed by atoms with Gasteiger partial charge in [-0.2, -0.15) is 0 Å². The molecule has 0 aromatic carbocycles. The molecule has 1 atom stereocenters. The summed E-state index contributed by atoms with van der Waals surface area (Å²) in [7, 11) is 0. The van der Waals surface area contributed by atoms with Gasteiger partial charge in [0.25, 0.3) is 0 Å². The third-order valence-electron chi connectivity index (χ3n) is 5.24. The van der Waals surface area contributed by atoms with Crippen molar-refractivity contribution in [1.82, 2.24) is 9.88 Å². The van der Waals surface area contributed by atoms with E-state index in [1.165, 1.54) is 6.42 Å². The second kappa shape index (κ2) is 6.14. The van der Waals surface area contributed by atoms with E-state index in [-0.39, 0.29) is 17.4 Å². The Bertz CT molecular complexity index is 482. The van der Waals surface area contributed by atoms with Crippen LogP contribution < -0.4 is 5.73 Å². The average Bonchev–Trinajstić information content (AvgIpc) is 3.05. The van der Waals surface area contributed by atoms with Gasteiger partial charge in [-0.15, -0.1) is 0 Å². The second-order valence-corrected chi connectivity index (χ2v) is 6.49. The average molecular weight is 287 g/mol. The fraction of sp³-hybridized carbons (Fsp3) is 0.647. The van der Waals surface area contributed by atoms with E-state index in [9.17, 15) is 4.79 Å². The number of rotatable bonds is 3. The van der Waals surface area contributed by atoms with E-state index >= 15 is 0 Å².